The van der Waals surface area contributed by atoms with Crippen LogP contribution in [0.15, 0.2) is 24.3 Å². The van der Waals surface area contributed by atoms with Crippen molar-refractivity contribution in [3.05, 3.63) is 35.7 Å². The van der Waals surface area contributed by atoms with Crippen molar-refractivity contribution >= 4 is 5.82 Å². The van der Waals surface area contributed by atoms with Crippen molar-refractivity contribution < 1.29 is 4.74 Å². The maximum Gasteiger partial charge on any atom is 0.133 e. The van der Waals surface area contributed by atoms with Gasteiger partial charge in [-0.2, -0.15) is 0 Å². The van der Waals surface area contributed by atoms with Gasteiger partial charge >= 0.3 is 0 Å². The quantitative estimate of drug-likeness (QED) is 0.876. The first-order chi connectivity index (χ1) is 10.2. The van der Waals surface area contributed by atoms with Crippen molar-refractivity contribution in [3.8, 4) is 17.0 Å². The van der Waals surface area contributed by atoms with E-state index in [1.807, 2.05) is 24.3 Å². The second kappa shape index (κ2) is 7.07. The lowest BCUT2D eigenvalue weighted by Gasteiger charge is -2.13. The molecule has 21 heavy (non-hydrogen) atoms. The van der Waals surface area contributed by atoms with Crippen LogP contribution in [0.3, 0.4) is 0 Å². The number of benzene rings is 1. The molecule has 0 aliphatic rings. The van der Waals surface area contributed by atoms with E-state index < -0.39 is 0 Å². The molecule has 0 fully saturated rings. The fourth-order valence-electron chi connectivity index (χ4n) is 2.27. The summed E-state index contributed by atoms with van der Waals surface area (Å²) in [6, 6.07) is 8.01. The van der Waals surface area contributed by atoms with Crippen molar-refractivity contribution in [3.63, 3.8) is 0 Å². The Balaban J connectivity index is 2.48. The van der Waals surface area contributed by atoms with Crippen LogP contribution < -0.4 is 10.1 Å². The normalized spacial score (nSPS) is 10.5. The molecular formula is C17H23N3O. The molecule has 0 amide bonds. The van der Waals surface area contributed by atoms with E-state index >= 15 is 0 Å². The molecule has 0 bridgehead atoms. The number of anilines is 1. The minimum atomic E-state index is 0.853. The lowest BCUT2D eigenvalue weighted by molar-refractivity contribution is 0.415. The summed E-state index contributed by atoms with van der Waals surface area (Å²) in [6.45, 7) is 7.13. The van der Waals surface area contributed by atoms with Crippen LogP contribution in [0.1, 0.15) is 31.7 Å². The van der Waals surface area contributed by atoms with Crippen LogP contribution in [0, 0.1) is 6.92 Å². The van der Waals surface area contributed by atoms with Crippen molar-refractivity contribution in [2.45, 2.75) is 33.6 Å². The molecule has 1 aromatic heterocycles. The number of nitrogens with one attached hydrogen (secondary N) is 1. The Morgan fingerprint density at radius 1 is 1.10 bits per heavy atom. The minimum Gasteiger partial charge on any atom is -0.497 e. The average molecular weight is 285 g/mol. The summed E-state index contributed by atoms with van der Waals surface area (Å²) in [6.07, 6.45) is 1.93. The molecule has 0 saturated carbocycles. The van der Waals surface area contributed by atoms with Gasteiger partial charge in [-0.05, 0) is 44.5 Å². The topological polar surface area (TPSA) is 47.0 Å². The molecule has 112 valence electrons. The molecule has 1 aromatic carbocycles. The molecule has 2 rings (SSSR count). The third-order valence-corrected chi connectivity index (χ3v) is 3.37. The van der Waals surface area contributed by atoms with Crippen LogP contribution in [0.4, 0.5) is 5.82 Å². The SMILES string of the molecule is CCCc1nc(NCC)c(C)c(-c2ccc(OC)cc2)n1. The second-order valence-electron chi connectivity index (χ2n) is 4.97. The highest BCUT2D eigenvalue weighted by molar-refractivity contribution is 5.68. The van der Waals surface area contributed by atoms with E-state index in [1.165, 1.54) is 0 Å². The Hall–Kier alpha value is -2.10. The maximum atomic E-state index is 5.21. The molecular weight excluding hydrogens is 262 g/mol. The van der Waals surface area contributed by atoms with Crippen LogP contribution in [0.25, 0.3) is 11.3 Å². The van der Waals surface area contributed by atoms with Gasteiger partial charge in [0.2, 0.25) is 0 Å². The summed E-state index contributed by atoms with van der Waals surface area (Å²) in [5, 5.41) is 3.33. The Labute approximate surface area is 126 Å². The van der Waals surface area contributed by atoms with Gasteiger partial charge in [0.1, 0.15) is 17.4 Å². The molecule has 0 unspecified atom stereocenters. The highest BCUT2D eigenvalue weighted by atomic mass is 16.5. The Bertz CT molecular complexity index is 594. The third-order valence-electron chi connectivity index (χ3n) is 3.37. The largest absolute Gasteiger partial charge is 0.497 e. The Morgan fingerprint density at radius 2 is 1.81 bits per heavy atom. The first-order valence-corrected chi connectivity index (χ1v) is 7.45. The predicted octanol–water partition coefficient (Wildman–Crippen LogP) is 3.84. The fraction of sp³-hybridized carbons (Fsp3) is 0.412. The number of rotatable bonds is 6. The first-order valence-electron chi connectivity index (χ1n) is 7.45. The van der Waals surface area contributed by atoms with Crippen LogP contribution >= 0.6 is 0 Å². The van der Waals surface area contributed by atoms with E-state index in [2.05, 4.69) is 31.1 Å². The molecule has 0 aliphatic carbocycles. The number of methoxy groups -OCH3 is 1. The van der Waals surface area contributed by atoms with Crippen molar-refractivity contribution in [2.75, 3.05) is 19.0 Å². The Morgan fingerprint density at radius 3 is 2.38 bits per heavy atom. The highest BCUT2D eigenvalue weighted by Gasteiger charge is 2.12. The smallest absolute Gasteiger partial charge is 0.133 e. The number of aromatic nitrogens is 2. The molecule has 1 heterocycles. The van der Waals surface area contributed by atoms with E-state index in [9.17, 15) is 0 Å². The second-order valence-corrected chi connectivity index (χ2v) is 4.97. The standard InChI is InChI=1S/C17H23N3O/c1-5-7-15-19-16(12(3)17(20-15)18-6-2)13-8-10-14(21-4)11-9-13/h8-11H,5-7H2,1-4H3,(H,18,19,20). The van der Waals surface area contributed by atoms with Gasteiger partial charge in [0, 0.05) is 24.1 Å². The van der Waals surface area contributed by atoms with Crippen molar-refractivity contribution in [2.24, 2.45) is 0 Å². The molecule has 0 spiro atoms. The summed E-state index contributed by atoms with van der Waals surface area (Å²) < 4.78 is 5.21. The molecule has 0 radical (unpaired) electrons. The maximum absolute atomic E-state index is 5.21. The number of hydrogen-bond acceptors (Lipinski definition) is 4. The molecule has 0 saturated heterocycles. The van der Waals surface area contributed by atoms with Gasteiger partial charge in [0.25, 0.3) is 0 Å². The zero-order valence-electron chi connectivity index (χ0n) is 13.2. The van der Waals surface area contributed by atoms with E-state index in [0.29, 0.717) is 0 Å². The van der Waals surface area contributed by atoms with Gasteiger partial charge in [0.05, 0.1) is 12.8 Å². The molecule has 2 aromatic rings. The van der Waals surface area contributed by atoms with Gasteiger partial charge < -0.3 is 10.1 Å². The van der Waals surface area contributed by atoms with Gasteiger partial charge in [-0.15, -0.1) is 0 Å². The van der Waals surface area contributed by atoms with Gasteiger partial charge in [-0.1, -0.05) is 6.92 Å². The van der Waals surface area contributed by atoms with Crippen molar-refractivity contribution in [1.82, 2.24) is 9.97 Å². The summed E-state index contributed by atoms with van der Waals surface area (Å²) >= 11 is 0. The molecule has 0 aliphatic heterocycles. The number of ether oxygens (including phenoxy) is 1. The minimum absolute atomic E-state index is 0.853. The lowest BCUT2D eigenvalue weighted by Crippen LogP contribution is -2.08. The van der Waals surface area contributed by atoms with E-state index in [4.69, 9.17) is 9.72 Å². The van der Waals surface area contributed by atoms with Crippen molar-refractivity contribution in [1.29, 1.82) is 0 Å². The number of aryl methyl sites for hydroxylation is 1. The fourth-order valence-corrected chi connectivity index (χ4v) is 2.27. The summed E-state index contributed by atoms with van der Waals surface area (Å²) in [5.74, 6) is 2.68. The zero-order valence-corrected chi connectivity index (χ0v) is 13.2. The molecule has 1 N–H and O–H groups in total. The lowest BCUT2D eigenvalue weighted by atomic mass is 10.1. The van der Waals surface area contributed by atoms with Gasteiger partial charge in [0.15, 0.2) is 0 Å². The average Bonchev–Trinajstić information content (AvgIpc) is 2.51. The number of hydrogen-bond donors (Lipinski definition) is 1. The third kappa shape index (κ3) is 3.51. The zero-order chi connectivity index (χ0) is 15.2. The van der Waals surface area contributed by atoms with Gasteiger partial charge in [-0.25, -0.2) is 9.97 Å². The first kappa shape index (κ1) is 15.3. The monoisotopic (exact) mass is 285 g/mol. The van der Waals surface area contributed by atoms with Gasteiger partial charge in [-0.3, -0.25) is 0 Å². The van der Waals surface area contributed by atoms with Crippen LogP contribution in [-0.4, -0.2) is 23.6 Å². The van der Waals surface area contributed by atoms with Crippen LogP contribution in [0.2, 0.25) is 0 Å². The highest BCUT2D eigenvalue weighted by Crippen LogP contribution is 2.27. The van der Waals surface area contributed by atoms with E-state index in [1.54, 1.807) is 7.11 Å². The summed E-state index contributed by atoms with van der Waals surface area (Å²) in [4.78, 5) is 9.36. The molecule has 4 nitrogen and oxygen atoms in total. The predicted molar refractivity (Wildman–Crippen MR) is 86.9 cm³/mol. The Kier molecular flexibility index (Phi) is 5.14. The molecule has 4 heteroatoms. The van der Waals surface area contributed by atoms with Crippen LogP contribution in [0.5, 0.6) is 5.75 Å². The van der Waals surface area contributed by atoms with E-state index in [-0.39, 0.29) is 0 Å². The molecule has 0 atom stereocenters. The summed E-state index contributed by atoms with van der Waals surface area (Å²) in [7, 11) is 1.67. The van der Waals surface area contributed by atoms with E-state index in [0.717, 1.165) is 53.6 Å². The van der Waals surface area contributed by atoms with Crippen LogP contribution in [-0.2, 0) is 6.42 Å². The summed E-state index contributed by atoms with van der Waals surface area (Å²) in [5.41, 5.74) is 3.17. The number of nitrogens with zero attached hydrogens (tertiary/aromatic N) is 2.